The molecule has 2 N–H and O–H groups in total. The first-order chi connectivity index (χ1) is 8.43. The highest BCUT2D eigenvalue weighted by atomic mass is 16.2. The largest absolute Gasteiger partial charge is 0.398 e. The number of hydrogen-bond donors (Lipinski definition) is 1. The minimum absolute atomic E-state index is 0.124. The van der Waals surface area contributed by atoms with Gasteiger partial charge in [0.25, 0.3) is 0 Å². The number of anilines is 1. The molecular formula is C14H15NO3. The number of Topliss-reactive ketones (excluding diaryl/α,β-unsaturated/α-hetero) is 3. The lowest BCUT2D eigenvalue weighted by Crippen LogP contribution is -2.26. The van der Waals surface area contributed by atoms with Crippen molar-refractivity contribution in [2.45, 2.75) is 20.3 Å². The second kappa shape index (κ2) is 4.37. The van der Waals surface area contributed by atoms with Crippen molar-refractivity contribution in [3.63, 3.8) is 0 Å². The quantitative estimate of drug-likeness (QED) is 0.651. The van der Waals surface area contributed by atoms with Gasteiger partial charge in [-0.2, -0.15) is 0 Å². The summed E-state index contributed by atoms with van der Waals surface area (Å²) in [5, 5.41) is 0. The number of carbonyl (C=O) groups excluding carboxylic acids is 3. The maximum atomic E-state index is 12.1. The summed E-state index contributed by atoms with van der Waals surface area (Å²) >= 11 is 0. The zero-order valence-corrected chi connectivity index (χ0v) is 10.4. The van der Waals surface area contributed by atoms with E-state index in [0.717, 1.165) is 0 Å². The third-order valence-electron chi connectivity index (χ3n) is 3.06. The maximum absolute atomic E-state index is 12.1. The van der Waals surface area contributed by atoms with Crippen molar-refractivity contribution in [3.05, 3.63) is 29.3 Å². The number of carbonyl (C=O) groups is 3. The molecule has 18 heavy (non-hydrogen) atoms. The Kier molecular flexibility index (Phi) is 3.03. The molecule has 0 aromatic heterocycles. The Balaban J connectivity index is 2.40. The lowest BCUT2D eigenvalue weighted by molar-refractivity contribution is -0.120. The Morgan fingerprint density at radius 1 is 1.28 bits per heavy atom. The van der Waals surface area contributed by atoms with E-state index in [4.69, 9.17) is 5.73 Å². The molecule has 1 unspecified atom stereocenters. The Labute approximate surface area is 105 Å². The molecule has 0 aliphatic heterocycles. The highest BCUT2D eigenvalue weighted by molar-refractivity contribution is 6.36. The third kappa shape index (κ3) is 1.83. The molecule has 0 radical (unpaired) electrons. The number of rotatable bonds is 3. The van der Waals surface area contributed by atoms with Gasteiger partial charge in [0, 0.05) is 17.7 Å². The topological polar surface area (TPSA) is 77.2 Å². The van der Waals surface area contributed by atoms with E-state index in [1.165, 1.54) is 0 Å². The summed E-state index contributed by atoms with van der Waals surface area (Å²) in [5.74, 6) is -2.21. The molecule has 4 heteroatoms. The second-order valence-electron chi connectivity index (χ2n) is 5.00. The molecule has 0 fully saturated rings. The van der Waals surface area contributed by atoms with Crippen LogP contribution in [0.4, 0.5) is 5.69 Å². The zero-order chi connectivity index (χ0) is 13.4. The molecule has 1 aliphatic rings. The number of nitrogen functional groups attached to an aromatic ring is 1. The lowest BCUT2D eigenvalue weighted by atomic mass is 9.92. The van der Waals surface area contributed by atoms with Gasteiger partial charge >= 0.3 is 0 Å². The third-order valence-corrected chi connectivity index (χ3v) is 3.06. The van der Waals surface area contributed by atoms with Crippen LogP contribution in [0.1, 0.15) is 41.0 Å². The maximum Gasteiger partial charge on any atom is 0.183 e. The molecule has 0 amide bonds. The van der Waals surface area contributed by atoms with E-state index < -0.39 is 17.5 Å². The number of benzene rings is 1. The molecule has 94 valence electrons. The molecular weight excluding hydrogens is 230 g/mol. The van der Waals surface area contributed by atoms with Crippen molar-refractivity contribution in [2.75, 3.05) is 5.73 Å². The fourth-order valence-electron chi connectivity index (χ4n) is 2.28. The smallest absolute Gasteiger partial charge is 0.183 e. The normalized spacial score (nSPS) is 18.3. The summed E-state index contributed by atoms with van der Waals surface area (Å²) in [5.41, 5.74) is 6.47. The monoisotopic (exact) mass is 245 g/mol. The van der Waals surface area contributed by atoms with Crippen LogP contribution in [0.15, 0.2) is 18.2 Å². The minimum atomic E-state index is -1.17. The van der Waals surface area contributed by atoms with Gasteiger partial charge in [0.2, 0.25) is 0 Å². The van der Waals surface area contributed by atoms with Crippen LogP contribution in [0, 0.1) is 11.8 Å². The predicted molar refractivity (Wildman–Crippen MR) is 67.5 cm³/mol. The first-order valence-electron chi connectivity index (χ1n) is 5.93. The molecule has 2 rings (SSSR count). The Hall–Kier alpha value is -1.97. The van der Waals surface area contributed by atoms with Crippen molar-refractivity contribution in [2.24, 2.45) is 11.8 Å². The first-order valence-corrected chi connectivity index (χ1v) is 5.93. The highest BCUT2D eigenvalue weighted by Crippen LogP contribution is 2.32. The molecule has 4 nitrogen and oxygen atoms in total. The summed E-state index contributed by atoms with van der Waals surface area (Å²) < 4.78 is 0. The van der Waals surface area contributed by atoms with Gasteiger partial charge in [0.05, 0.1) is 5.56 Å². The van der Waals surface area contributed by atoms with Gasteiger partial charge in [-0.15, -0.1) is 0 Å². The fraction of sp³-hybridized carbons (Fsp3) is 0.357. The van der Waals surface area contributed by atoms with Crippen LogP contribution >= 0.6 is 0 Å². The summed E-state index contributed by atoms with van der Waals surface area (Å²) in [4.78, 5) is 36.2. The highest BCUT2D eigenvalue weighted by Gasteiger charge is 2.43. The molecule has 1 aliphatic carbocycles. The van der Waals surface area contributed by atoms with Crippen molar-refractivity contribution in [3.8, 4) is 0 Å². The minimum Gasteiger partial charge on any atom is -0.398 e. The Bertz CT molecular complexity index is 546. The van der Waals surface area contributed by atoms with Crippen molar-refractivity contribution >= 4 is 23.0 Å². The van der Waals surface area contributed by atoms with Crippen LogP contribution in [0.3, 0.4) is 0 Å². The second-order valence-corrected chi connectivity index (χ2v) is 5.00. The average molecular weight is 245 g/mol. The summed E-state index contributed by atoms with van der Waals surface area (Å²) in [7, 11) is 0. The molecule has 1 aromatic rings. The van der Waals surface area contributed by atoms with Crippen LogP contribution < -0.4 is 5.73 Å². The number of fused-ring (bicyclic) bond motifs is 1. The van der Waals surface area contributed by atoms with Gasteiger partial charge in [0.15, 0.2) is 17.3 Å². The fourth-order valence-corrected chi connectivity index (χ4v) is 2.28. The number of nitrogens with two attached hydrogens (primary N) is 1. The number of hydrogen-bond acceptors (Lipinski definition) is 4. The molecule has 1 aromatic carbocycles. The standard InChI is InChI=1S/C14H15NO3/c1-7(2)6-10(16)12-13(17)8-4-3-5-9(15)11(8)14(12)18/h3-5,7,12H,6,15H2,1-2H3. The van der Waals surface area contributed by atoms with Crippen molar-refractivity contribution < 1.29 is 14.4 Å². The molecule has 1 atom stereocenters. The molecule has 0 spiro atoms. The van der Waals surface area contributed by atoms with Gasteiger partial charge in [-0.3, -0.25) is 14.4 Å². The van der Waals surface area contributed by atoms with E-state index in [1.807, 2.05) is 13.8 Å². The summed E-state index contributed by atoms with van der Waals surface area (Å²) in [6.45, 7) is 3.76. The van der Waals surface area contributed by atoms with E-state index in [1.54, 1.807) is 18.2 Å². The van der Waals surface area contributed by atoms with E-state index >= 15 is 0 Å². The average Bonchev–Trinajstić information content (AvgIpc) is 2.51. The molecule has 0 bridgehead atoms. The summed E-state index contributed by atoms with van der Waals surface area (Å²) in [6.07, 6.45) is 0.232. The number of ketones is 3. The van der Waals surface area contributed by atoms with E-state index in [0.29, 0.717) is 0 Å². The van der Waals surface area contributed by atoms with Crippen molar-refractivity contribution in [1.29, 1.82) is 0 Å². The van der Waals surface area contributed by atoms with Gasteiger partial charge in [-0.05, 0) is 12.0 Å². The molecule has 0 heterocycles. The van der Waals surface area contributed by atoms with Gasteiger partial charge in [0.1, 0.15) is 5.92 Å². The van der Waals surface area contributed by atoms with Crippen LogP contribution in [-0.4, -0.2) is 17.3 Å². The van der Waals surface area contributed by atoms with Gasteiger partial charge in [-0.1, -0.05) is 26.0 Å². The van der Waals surface area contributed by atoms with Gasteiger partial charge in [-0.25, -0.2) is 0 Å². The Morgan fingerprint density at radius 3 is 2.50 bits per heavy atom. The predicted octanol–water partition coefficient (Wildman–Crippen LogP) is 1.88. The Morgan fingerprint density at radius 2 is 1.94 bits per heavy atom. The van der Waals surface area contributed by atoms with Crippen LogP contribution in [0.5, 0.6) is 0 Å². The van der Waals surface area contributed by atoms with Gasteiger partial charge < -0.3 is 5.73 Å². The molecule has 0 saturated carbocycles. The first kappa shape index (κ1) is 12.5. The molecule has 0 saturated heterocycles. The lowest BCUT2D eigenvalue weighted by Gasteiger charge is -2.07. The van der Waals surface area contributed by atoms with E-state index in [2.05, 4.69) is 0 Å². The van der Waals surface area contributed by atoms with Crippen LogP contribution in [0.25, 0.3) is 0 Å². The van der Waals surface area contributed by atoms with E-state index in [-0.39, 0.29) is 34.9 Å². The van der Waals surface area contributed by atoms with Crippen molar-refractivity contribution in [1.82, 2.24) is 0 Å². The summed E-state index contributed by atoms with van der Waals surface area (Å²) in [6, 6.07) is 4.74. The zero-order valence-electron chi connectivity index (χ0n) is 10.4. The SMILES string of the molecule is CC(C)CC(=O)C1C(=O)c2cccc(N)c2C1=O. The van der Waals surface area contributed by atoms with E-state index in [9.17, 15) is 14.4 Å². The van der Waals surface area contributed by atoms with Crippen LogP contribution in [0.2, 0.25) is 0 Å². The van der Waals surface area contributed by atoms with Crippen LogP contribution in [-0.2, 0) is 4.79 Å².